The van der Waals surface area contributed by atoms with Crippen LogP contribution >= 0.6 is 0 Å². The van der Waals surface area contributed by atoms with Gasteiger partial charge < -0.3 is 5.73 Å². The zero-order valence-electron chi connectivity index (χ0n) is 14.0. The van der Waals surface area contributed by atoms with E-state index in [1.165, 1.54) is 31.2 Å². The van der Waals surface area contributed by atoms with Gasteiger partial charge in [-0.05, 0) is 36.8 Å². The molecule has 1 aromatic rings. The van der Waals surface area contributed by atoms with Crippen molar-refractivity contribution < 1.29 is 0 Å². The fourth-order valence-corrected chi connectivity index (χ4v) is 3.97. The van der Waals surface area contributed by atoms with Crippen LogP contribution in [0.25, 0.3) is 0 Å². The molecule has 2 rings (SSSR count). The van der Waals surface area contributed by atoms with Crippen molar-refractivity contribution in [3.63, 3.8) is 0 Å². The van der Waals surface area contributed by atoms with E-state index in [0.29, 0.717) is 0 Å². The second kappa shape index (κ2) is 7.42. The Morgan fingerprint density at radius 3 is 2.57 bits per heavy atom. The van der Waals surface area contributed by atoms with Gasteiger partial charge in [0.25, 0.3) is 0 Å². The van der Waals surface area contributed by atoms with Crippen LogP contribution in [0, 0.1) is 11.8 Å². The van der Waals surface area contributed by atoms with Gasteiger partial charge in [0, 0.05) is 18.6 Å². The van der Waals surface area contributed by atoms with Gasteiger partial charge in [-0.2, -0.15) is 0 Å². The smallest absolute Gasteiger partial charge is 0.0337 e. The van der Waals surface area contributed by atoms with Crippen molar-refractivity contribution in [2.75, 3.05) is 13.1 Å². The van der Waals surface area contributed by atoms with E-state index in [2.05, 4.69) is 56.0 Å². The summed E-state index contributed by atoms with van der Waals surface area (Å²) in [5, 5.41) is 0. The largest absolute Gasteiger partial charge is 0.329 e. The summed E-state index contributed by atoms with van der Waals surface area (Å²) >= 11 is 0. The Labute approximate surface area is 130 Å². The van der Waals surface area contributed by atoms with Crippen LogP contribution in [0.3, 0.4) is 0 Å². The number of hydrogen-bond acceptors (Lipinski definition) is 2. The highest BCUT2D eigenvalue weighted by atomic mass is 15.2. The monoisotopic (exact) mass is 288 g/mol. The molecule has 21 heavy (non-hydrogen) atoms. The normalized spacial score (nSPS) is 26.5. The van der Waals surface area contributed by atoms with Crippen molar-refractivity contribution in [1.29, 1.82) is 0 Å². The Hall–Kier alpha value is -0.860. The quantitative estimate of drug-likeness (QED) is 0.855. The van der Waals surface area contributed by atoms with Gasteiger partial charge in [-0.25, -0.2) is 0 Å². The van der Waals surface area contributed by atoms with Crippen molar-refractivity contribution >= 4 is 0 Å². The number of likely N-dealkylation sites (N-methyl/N-ethyl adjacent to an activating group) is 1. The predicted octanol–water partition coefficient (Wildman–Crippen LogP) is 4.05. The number of nitrogens with zero attached hydrogens (tertiary/aromatic N) is 1. The summed E-state index contributed by atoms with van der Waals surface area (Å²) in [5.74, 6) is 1.60. The van der Waals surface area contributed by atoms with Crippen molar-refractivity contribution in [2.45, 2.75) is 58.5 Å². The lowest BCUT2D eigenvalue weighted by atomic mass is 9.70. The standard InChI is InChI=1S/C19H32N2/c1-4-21(14-17-9-6-5-7-10-17)19(15-20)12-8-11-18(13-19)16(2)3/h5-7,9-10,16,18H,4,8,11-15,20H2,1-3H3. The van der Waals surface area contributed by atoms with E-state index < -0.39 is 0 Å². The maximum atomic E-state index is 6.29. The van der Waals surface area contributed by atoms with E-state index in [9.17, 15) is 0 Å². The molecule has 2 nitrogen and oxygen atoms in total. The molecule has 0 heterocycles. The molecule has 1 aliphatic carbocycles. The van der Waals surface area contributed by atoms with Gasteiger partial charge in [-0.1, -0.05) is 63.9 Å². The fraction of sp³-hybridized carbons (Fsp3) is 0.684. The summed E-state index contributed by atoms with van der Waals surface area (Å²) in [6, 6.07) is 10.8. The molecular formula is C19H32N2. The van der Waals surface area contributed by atoms with E-state index in [-0.39, 0.29) is 5.54 Å². The van der Waals surface area contributed by atoms with Gasteiger partial charge in [-0.3, -0.25) is 4.90 Å². The molecule has 0 saturated heterocycles. The zero-order valence-corrected chi connectivity index (χ0v) is 14.0. The number of nitrogens with two attached hydrogens (primary N) is 1. The first-order valence-electron chi connectivity index (χ1n) is 8.60. The van der Waals surface area contributed by atoms with Crippen molar-refractivity contribution in [1.82, 2.24) is 4.90 Å². The average Bonchev–Trinajstić information content (AvgIpc) is 2.53. The first-order chi connectivity index (χ1) is 10.1. The number of hydrogen-bond donors (Lipinski definition) is 1. The minimum atomic E-state index is 0.206. The lowest BCUT2D eigenvalue weighted by Gasteiger charge is -2.49. The Kier molecular flexibility index (Phi) is 5.83. The van der Waals surface area contributed by atoms with E-state index in [4.69, 9.17) is 5.73 Å². The Morgan fingerprint density at radius 1 is 1.29 bits per heavy atom. The molecule has 2 N–H and O–H groups in total. The SMILES string of the molecule is CCN(Cc1ccccc1)C1(CN)CCCC(C(C)C)C1. The molecule has 0 radical (unpaired) electrons. The van der Waals surface area contributed by atoms with Gasteiger partial charge in [0.1, 0.15) is 0 Å². The summed E-state index contributed by atoms with van der Waals surface area (Å²) < 4.78 is 0. The average molecular weight is 288 g/mol. The molecule has 0 aliphatic heterocycles. The van der Waals surface area contributed by atoms with Gasteiger partial charge in [-0.15, -0.1) is 0 Å². The minimum Gasteiger partial charge on any atom is -0.329 e. The first kappa shape index (κ1) is 16.5. The van der Waals surface area contributed by atoms with E-state index in [0.717, 1.165) is 31.5 Å². The predicted molar refractivity (Wildman–Crippen MR) is 91.1 cm³/mol. The molecule has 2 heteroatoms. The molecule has 1 saturated carbocycles. The van der Waals surface area contributed by atoms with Gasteiger partial charge in [0.15, 0.2) is 0 Å². The van der Waals surface area contributed by atoms with Crippen LogP contribution in [-0.4, -0.2) is 23.5 Å². The van der Waals surface area contributed by atoms with Crippen LogP contribution in [0.5, 0.6) is 0 Å². The van der Waals surface area contributed by atoms with Gasteiger partial charge >= 0.3 is 0 Å². The van der Waals surface area contributed by atoms with Crippen LogP contribution in [0.4, 0.5) is 0 Å². The third-order valence-corrected chi connectivity index (χ3v) is 5.45. The fourth-order valence-electron chi connectivity index (χ4n) is 3.97. The Morgan fingerprint density at radius 2 is 2.00 bits per heavy atom. The summed E-state index contributed by atoms with van der Waals surface area (Å²) in [7, 11) is 0. The van der Waals surface area contributed by atoms with Gasteiger partial charge in [0.05, 0.1) is 0 Å². The molecular weight excluding hydrogens is 256 g/mol. The highest BCUT2D eigenvalue weighted by molar-refractivity contribution is 5.15. The molecule has 118 valence electrons. The topological polar surface area (TPSA) is 29.3 Å². The molecule has 0 aromatic heterocycles. The molecule has 0 bridgehead atoms. The Balaban J connectivity index is 2.16. The summed E-state index contributed by atoms with van der Waals surface area (Å²) in [6.07, 6.45) is 5.23. The third-order valence-electron chi connectivity index (χ3n) is 5.45. The van der Waals surface area contributed by atoms with Crippen molar-refractivity contribution in [3.8, 4) is 0 Å². The maximum absolute atomic E-state index is 6.29. The lowest BCUT2D eigenvalue weighted by molar-refractivity contribution is 0.0231. The maximum Gasteiger partial charge on any atom is 0.0337 e. The second-order valence-corrected chi connectivity index (χ2v) is 7.03. The van der Waals surface area contributed by atoms with Crippen LogP contribution in [0.1, 0.15) is 52.0 Å². The number of benzene rings is 1. The number of rotatable bonds is 6. The van der Waals surface area contributed by atoms with Crippen LogP contribution < -0.4 is 5.73 Å². The molecule has 0 amide bonds. The van der Waals surface area contributed by atoms with E-state index in [1.54, 1.807) is 0 Å². The summed E-state index contributed by atoms with van der Waals surface area (Å²) in [5.41, 5.74) is 7.90. The van der Waals surface area contributed by atoms with Crippen molar-refractivity contribution in [3.05, 3.63) is 35.9 Å². The minimum absolute atomic E-state index is 0.206. The van der Waals surface area contributed by atoms with Gasteiger partial charge in [0.2, 0.25) is 0 Å². The molecule has 2 atom stereocenters. The van der Waals surface area contributed by atoms with E-state index in [1.807, 2.05) is 0 Å². The first-order valence-corrected chi connectivity index (χ1v) is 8.60. The Bertz CT molecular complexity index is 415. The van der Waals surface area contributed by atoms with E-state index >= 15 is 0 Å². The highest BCUT2D eigenvalue weighted by Crippen LogP contribution is 2.40. The van der Waals surface area contributed by atoms with Crippen molar-refractivity contribution in [2.24, 2.45) is 17.6 Å². The molecule has 1 aliphatic rings. The zero-order chi connectivity index (χ0) is 15.3. The molecule has 0 spiro atoms. The third kappa shape index (κ3) is 3.87. The molecule has 1 aromatic carbocycles. The molecule has 2 unspecified atom stereocenters. The van der Waals surface area contributed by atoms with Crippen LogP contribution in [0.2, 0.25) is 0 Å². The summed E-state index contributed by atoms with van der Waals surface area (Å²) in [6.45, 7) is 9.90. The van der Waals surface area contributed by atoms with Crippen LogP contribution in [-0.2, 0) is 6.54 Å². The second-order valence-electron chi connectivity index (χ2n) is 7.03. The lowest BCUT2D eigenvalue weighted by Crippen LogP contribution is -2.56. The van der Waals surface area contributed by atoms with Crippen LogP contribution in [0.15, 0.2) is 30.3 Å². The summed E-state index contributed by atoms with van der Waals surface area (Å²) in [4.78, 5) is 2.64. The molecule has 1 fully saturated rings. The highest BCUT2D eigenvalue weighted by Gasteiger charge is 2.40.